The summed E-state index contributed by atoms with van der Waals surface area (Å²) in [5.41, 5.74) is -7.03. The summed E-state index contributed by atoms with van der Waals surface area (Å²) in [6.45, 7) is 17.0. The van der Waals surface area contributed by atoms with E-state index >= 15 is 0 Å². The van der Waals surface area contributed by atoms with Crippen molar-refractivity contribution in [3.63, 3.8) is 0 Å². The Kier molecular flexibility index (Phi) is 9.49. The van der Waals surface area contributed by atoms with E-state index in [0.717, 1.165) is 0 Å². The molecule has 1 heterocycles. The molecule has 14 heteroatoms. The third-order valence-corrected chi connectivity index (χ3v) is 14.9. The molecule has 3 saturated carbocycles. The Bertz CT molecular complexity index is 1830. The lowest BCUT2D eigenvalue weighted by Crippen LogP contribution is -2.76. The molecule has 5 aliphatic carbocycles. The molecule has 0 aromatic heterocycles. The Balaban J connectivity index is 1.81. The first kappa shape index (κ1) is 40.4. The van der Waals surface area contributed by atoms with Crippen LogP contribution < -0.4 is 0 Å². The molecule has 6 aliphatic rings. The average molecular weight is 771 g/mol. The molecule has 0 amide bonds. The number of esters is 6. The zero-order chi connectivity index (χ0) is 41.0. The molecule has 4 fully saturated rings. The SMILES string of the molecule is COC1=C(C)[C@@]2(C)C[C@@H](OC(C)=O)[C@H]3[C@@](COC(C)=O)([C@@H](OC(C)=O)[C@H](C)[C@@]34C(C)=C[C@H](OC(C)=O)[C@@]3(C)[C@@H](OC(C)=O)C[C@]5(C)C[C@@]34OC5=O)[C@@H]2CC1=O. The number of allylic oxidation sites excluding steroid dienone is 2. The summed E-state index contributed by atoms with van der Waals surface area (Å²) in [5, 5.41) is 0. The van der Waals surface area contributed by atoms with Crippen molar-refractivity contribution in [1.82, 2.24) is 0 Å². The molecule has 0 N–H and O–H groups in total. The summed E-state index contributed by atoms with van der Waals surface area (Å²) in [5.74, 6) is -6.29. The summed E-state index contributed by atoms with van der Waals surface area (Å²) in [4.78, 5) is 94.1. The van der Waals surface area contributed by atoms with Gasteiger partial charge in [-0.3, -0.25) is 33.6 Å². The van der Waals surface area contributed by atoms with E-state index in [9.17, 15) is 33.6 Å². The Labute approximate surface area is 321 Å². The van der Waals surface area contributed by atoms with Gasteiger partial charge in [-0.05, 0) is 57.1 Å². The van der Waals surface area contributed by atoms with Gasteiger partial charge in [0.25, 0.3) is 0 Å². The average Bonchev–Trinajstić information content (AvgIpc) is 3.42. The molecule has 14 nitrogen and oxygen atoms in total. The Morgan fingerprint density at radius 3 is 1.98 bits per heavy atom. The third kappa shape index (κ3) is 5.13. The molecule has 2 spiro atoms. The Hall–Kier alpha value is -4.23. The fourth-order valence-corrected chi connectivity index (χ4v) is 13.1. The van der Waals surface area contributed by atoms with Crippen molar-refractivity contribution < 1.29 is 66.7 Å². The van der Waals surface area contributed by atoms with Gasteiger partial charge in [0.15, 0.2) is 11.5 Å². The number of fused-ring (bicyclic) bond motifs is 5. The highest BCUT2D eigenvalue weighted by Crippen LogP contribution is 2.82. The lowest BCUT2D eigenvalue weighted by molar-refractivity contribution is -0.280. The van der Waals surface area contributed by atoms with Crippen molar-refractivity contribution in [3.8, 4) is 0 Å². The van der Waals surface area contributed by atoms with Gasteiger partial charge in [0.05, 0.1) is 23.4 Å². The van der Waals surface area contributed by atoms with Gasteiger partial charge in [-0.1, -0.05) is 19.4 Å². The van der Waals surface area contributed by atoms with E-state index < -0.39 is 111 Å². The molecular formula is C41H54O14. The summed E-state index contributed by atoms with van der Waals surface area (Å²) in [6.07, 6.45) is -2.29. The van der Waals surface area contributed by atoms with Gasteiger partial charge in [0.1, 0.15) is 36.6 Å². The monoisotopic (exact) mass is 770 g/mol. The summed E-state index contributed by atoms with van der Waals surface area (Å²) in [6, 6.07) is 0. The van der Waals surface area contributed by atoms with Crippen LogP contribution in [0.3, 0.4) is 0 Å². The van der Waals surface area contributed by atoms with Gasteiger partial charge >= 0.3 is 35.8 Å². The standard InChI is InChI=1S/C41H54O14/c1-19-13-30(52-24(6)44)38(11)31(53-25(7)45)16-36(9)17-40(38,55-35(36)48)41(19)21(3)34(54-26(8)46)39(18-50-22(4)42)29-14-27(47)32(49-12)20(2)37(29,10)15-28(33(39)41)51-23(5)43/h13,21,28-31,33-34H,14-18H2,1-12H3/t21-,28+,29+,30-,31-,33-,34-,36+,37+,38-,39-,40+,41-/m0/s1. The van der Waals surface area contributed by atoms with E-state index in [1.165, 1.54) is 41.7 Å². The molecule has 0 aromatic carbocycles. The number of rotatable bonds is 7. The molecule has 1 aliphatic heterocycles. The second-order valence-electron chi connectivity index (χ2n) is 17.6. The topological polar surface area (TPSA) is 184 Å². The maximum Gasteiger partial charge on any atom is 0.312 e. The second kappa shape index (κ2) is 12.9. The van der Waals surface area contributed by atoms with Crippen LogP contribution in [0.15, 0.2) is 23.0 Å². The number of methoxy groups -OCH3 is 1. The first-order valence-corrected chi connectivity index (χ1v) is 19.0. The molecule has 0 radical (unpaired) electrons. The molecule has 1 saturated heterocycles. The molecule has 55 heavy (non-hydrogen) atoms. The van der Waals surface area contributed by atoms with E-state index in [-0.39, 0.29) is 43.8 Å². The quantitative estimate of drug-likeness (QED) is 0.200. The fourth-order valence-electron chi connectivity index (χ4n) is 13.1. The van der Waals surface area contributed by atoms with E-state index in [2.05, 4.69) is 0 Å². The van der Waals surface area contributed by atoms with Gasteiger partial charge < -0.3 is 33.2 Å². The minimum absolute atomic E-state index is 0.0573. The number of carbonyl (C=O) groups is 7. The van der Waals surface area contributed by atoms with E-state index in [0.29, 0.717) is 11.1 Å². The van der Waals surface area contributed by atoms with Crippen molar-refractivity contribution >= 4 is 41.6 Å². The van der Waals surface area contributed by atoms with E-state index in [1.807, 2.05) is 20.8 Å². The number of ether oxygens (including phenoxy) is 7. The maximum absolute atomic E-state index is 14.5. The Morgan fingerprint density at radius 2 is 1.44 bits per heavy atom. The van der Waals surface area contributed by atoms with Gasteiger partial charge in [-0.2, -0.15) is 0 Å². The van der Waals surface area contributed by atoms with Crippen LogP contribution in [0.4, 0.5) is 0 Å². The van der Waals surface area contributed by atoms with Crippen molar-refractivity contribution in [2.24, 2.45) is 44.8 Å². The fraction of sp³-hybridized carbons (Fsp3) is 0.732. The van der Waals surface area contributed by atoms with Gasteiger partial charge in [0.2, 0.25) is 0 Å². The van der Waals surface area contributed by atoms with Crippen LogP contribution in [0.2, 0.25) is 0 Å². The number of ketones is 1. The highest BCUT2D eigenvalue weighted by atomic mass is 16.6. The normalized spacial score (nSPS) is 43.9. The minimum Gasteiger partial charge on any atom is -0.493 e. The van der Waals surface area contributed by atoms with Crippen molar-refractivity contribution in [2.45, 2.75) is 132 Å². The van der Waals surface area contributed by atoms with Crippen LogP contribution in [0.5, 0.6) is 0 Å². The molecule has 2 bridgehead atoms. The first-order valence-electron chi connectivity index (χ1n) is 19.0. The lowest BCUT2D eigenvalue weighted by atomic mass is 9.36. The van der Waals surface area contributed by atoms with Gasteiger partial charge in [-0.15, -0.1) is 0 Å². The molecular weight excluding hydrogens is 716 g/mol. The predicted molar refractivity (Wildman–Crippen MR) is 190 cm³/mol. The largest absolute Gasteiger partial charge is 0.493 e. The molecule has 302 valence electrons. The summed E-state index contributed by atoms with van der Waals surface area (Å²) in [7, 11) is 1.42. The van der Waals surface area contributed by atoms with Gasteiger partial charge in [-0.25, -0.2) is 0 Å². The molecule has 0 aromatic rings. The van der Waals surface area contributed by atoms with Crippen LogP contribution in [0.1, 0.15) is 102 Å². The predicted octanol–water partition coefficient (Wildman–Crippen LogP) is 4.50. The number of Topliss-reactive ketones (excluding diaryl/α,β-unsaturated/α-hetero) is 1. The maximum atomic E-state index is 14.5. The van der Waals surface area contributed by atoms with Crippen LogP contribution in [0, 0.1) is 44.8 Å². The minimum atomic E-state index is -1.68. The zero-order valence-electron chi connectivity index (χ0n) is 33.9. The number of hydrogen-bond acceptors (Lipinski definition) is 14. The molecule has 6 rings (SSSR count). The van der Waals surface area contributed by atoms with E-state index in [4.69, 9.17) is 33.2 Å². The summed E-state index contributed by atoms with van der Waals surface area (Å²) < 4.78 is 43.6. The molecule has 0 unspecified atom stereocenters. The van der Waals surface area contributed by atoms with Crippen LogP contribution >= 0.6 is 0 Å². The molecule has 13 atom stereocenters. The highest BCUT2D eigenvalue weighted by molar-refractivity contribution is 5.96. The number of carbonyl (C=O) groups excluding carboxylic acids is 7. The van der Waals surface area contributed by atoms with Crippen LogP contribution in [0.25, 0.3) is 0 Å². The third-order valence-electron chi connectivity index (χ3n) is 14.9. The van der Waals surface area contributed by atoms with Crippen molar-refractivity contribution in [3.05, 3.63) is 23.0 Å². The van der Waals surface area contributed by atoms with Crippen LogP contribution in [-0.2, 0) is 66.7 Å². The zero-order valence-corrected chi connectivity index (χ0v) is 33.9. The first-order chi connectivity index (χ1) is 25.4. The van der Waals surface area contributed by atoms with Crippen LogP contribution in [-0.4, -0.2) is 85.3 Å². The summed E-state index contributed by atoms with van der Waals surface area (Å²) >= 11 is 0. The van der Waals surface area contributed by atoms with Crippen molar-refractivity contribution in [1.29, 1.82) is 0 Å². The number of hydrogen-bond donors (Lipinski definition) is 0. The smallest absolute Gasteiger partial charge is 0.312 e. The highest BCUT2D eigenvalue weighted by Gasteiger charge is 2.89. The van der Waals surface area contributed by atoms with Gasteiger partial charge in [0, 0.05) is 71.1 Å². The van der Waals surface area contributed by atoms with E-state index in [1.54, 1.807) is 26.8 Å². The Morgan fingerprint density at radius 1 is 0.836 bits per heavy atom. The lowest BCUT2D eigenvalue weighted by Gasteiger charge is -2.68. The second-order valence-corrected chi connectivity index (χ2v) is 17.6. The van der Waals surface area contributed by atoms with Crippen molar-refractivity contribution in [2.75, 3.05) is 13.7 Å².